The van der Waals surface area contributed by atoms with Gasteiger partial charge in [0.15, 0.2) is 5.82 Å². The van der Waals surface area contributed by atoms with E-state index in [1.165, 1.54) is 0 Å². The third-order valence-electron chi connectivity index (χ3n) is 5.38. The van der Waals surface area contributed by atoms with Crippen LogP contribution in [0.25, 0.3) is 11.0 Å². The Morgan fingerprint density at radius 1 is 1.23 bits per heavy atom. The topological polar surface area (TPSA) is 107 Å². The van der Waals surface area contributed by atoms with Gasteiger partial charge in [-0.1, -0.05) is 0 Å². The zero-order valence-electron chi connectivity index (χ0n) is 17.9. The molecule has 160 valence electrons. The lowest BCUT2D eigenvalue weighted by Gasteiger charge is -2.30. The summed E-state index contributed by atoms with van der Waals surface area (Å²) in [7, 11) is 0. The molecule has 4 heterocycles. The quantitative estimate of drug-likeness (QED) is 0.572. The molecule has 30 heavy (non-hydrogen) atoms. The Labute approximate surface area is 176 Å². The number of ether oxygens (including phenoxy) is 1. The average molecular weight is 411 g/mol. The molecule has 0 unspecified atom stereocenters. The van der Waals surface area contributed by atoms with Crippen LogP contribution in [0.15, 0.2) is 18.3 Å². The van der Waals surface area contributed by atoms with Crippen LogP contribution >= 0.6 is 0 Å². The van der Waals surface area contributed by atoms with E-state index >= 15 is 0 Å². The van der Waals surface area contributed by atoms with Crippen LogP contribution in [0.3, 0.4) is 0 Å². The minimum absolute atomic E-state index is 0.252. The maximum Gasteiger partial charge on any atom is 0.228 e. The van der Waals surface area contributed by atoms with Gasteiger partial charge in [-0.2, -0.15) is 10.1 Å². The van der Waals surface area contributed by atoms with Crippen molar-refractivity contribution in [1.29, 1.82) is 0 Å². The molecular weight excluding hydrogens is 380 g/mol. The molecule has 0 aliphatic carbocycles. The van der Waals surface area contributed by atoms with Crippen molar-refractivity contribution >= 4 is 28.6 Å². The molecule has 9 heteroatoms. The van der Waals surface area contributed by atoms with Crippen molar-refractivity contribution in [2.45, 2.75) is 46.2 Å². The van der Waals surface area contributed by atoms with E-state index in [9.17, 15) is 0 Å². The van der Waals surface area contributed by atoms with Crippen molar-refractivity contribution < 1.29 is 4.74 Å². The Morgan fingerprint density at radius 3 is 2.77 bits per heavy atom. The molecule has 3 aromatic heterocycles. The lowest BCUT2D eigenvalue weighted by atomic mass is 10.1. The number of aromatic nitrogens is 5. The molecule has 0 bridgehead atoms. The van der Waals surface area contributed by atoms with Crippen LogP contribution in [-0.4, -0.2) is 57.1 Å². The predicted molar refractivity (Wildman–Crippen MR) is 118 cm³/mol. The molecule has 0 saturated carbocycles. The SMILES string of the molecule is CCOCCn1nc(C)c2nc(N3CCC(N)CC3)nc(Nc3cc(C)ccn3)c21. The number of nitrogens with zero attached hydrogens (tertiary/aromatic N) is 6. The normalized spacial score (nSPS) is 15.1. The van der Waals surface area contributed by atoms with Crippen LogP contribution in [0.5, 0.6) is 0 Å². The van der Waals surface area contributed by atoms with Crippen LogP contribution in [0, 0.1) is 13.8 Å². The fourth-order valence-corrected chi connectivity index (χ4v) is 3.73. The number of hydrogen-bond donors (Lipinski definition) is 2. The van der Waals surface area contributed by atoms with E-state index in [2.05, 4.69) is 15.2 Å². The van der Waals surface area contributed by atoms with E-state index in [1.54, 1.807) is 6.20 Å². The lowest BCUT2D eigenvalue weighted by molar-refractivity contribution is 0.137. The summed E-state index contributed by atoms with van der Waals surface area (Å²) >= 11 is 0. The Hall–Kier alpha value is -2.78. The minimum Gasteiger partial charge on any atom is -0.380 e. The van der Waals surface area contributed by atoms with Gasteiger partial charge >= 0.3 is 0 Å². The van der Waals surface area contributed by atoms with Gasteiger partial charge in [0.2, 0.25) is 5.95 Å². The van der Waals surface area contributed by atoms with Crippen molar-refractivity contribution in [2.24, 2.45) is 5.73 Å². The van der Waals surface area contributed by atoms with E-state index < -0.39 is 0 Å². The summed E-state index contributed by atoms with van der Waals surface area (Å²) < 4.78 is 7.47. The van der Waals surface area contributed by atoms with Crippen LogP contribution in [0.1, 0.15) is 31.0 Å². The molecule has 1 aliphatic rings. The van der Waals surface area contributed by atoms with Gasteiger partial charge in [-0.05, 0) is 51.3 Å². The maximum atomic E-state index is 6.08. The fraction of sp³-hybridized carbons (Fsp3) is 0.524. The van der Waals surface area contributed by atoms with Gasteiger partial charge < -0.3 is 20.7 Å². The first-order valence-electron chi connectivity index (χ1n) is 10.6. The van der Waals surface area contributed by atoms with Gasteiger partial charge in [0.05, 0.1) is 18.8 Å². The summed E-state index contributed by atoms with van der Waals surface area (Å²) in [5, 5.41) is 8.12. The van der Waals surface area contributed by atoms with Crippen LogP contribution in [-0.2, 0) is 11.3 Å². The number of hydrogen-bond acceptors (Lipinski definition) is 8. The smallest absolute Gasteiger partial charge is 0.228 e. The summed E-state index contributed by atoms with van der Waals surface area (Å²) in [4.78, 5) is 16.4. The molecule has 0 amide bonds. The first-order chi connectivity index (χ1) is 14.5. The minimum atomic E-state index is 0.252. The first kappa shape index (κ1) is 20.5. The number of fused-ring (bicyclic) bond motifs is 1. The molecule has 4 rings (SSSR count). The van der Waals surface area contributed by atoms with Gasteiger partial charge in [-0.25, -0.2) is 9.97 Å². The highest BCUT2D eigenvalue weighted by molar-refractivity contribution is 5.90. The summed E-state index contributed by atoms with van der Waals surface area (Å²) in [6.07, 6.45) is 3.67. The summed E-state index contributed by atoms with van der Waals surface area (Å²) in [5.74, 6) is 2.16. The monoisotopic (exact) mass is 410 g/mol. The second-order valence-corrected chi connectivity index (χ2v) is 7.74. The predicted octanol–water partition coefficient (Wildman–Crippen LogP) is 2.55. The number of aryl methyl sites for hydroxylation is 2. The van der Waals surface area contributed by atoms with Gasteiger partial charge in [0.1, 0.15) is 16.9 Å². The Morgan fingerprint density at radius 2 is 2.03 bits per heavy atom. The molecule has 3 aromatic rings. The summed E-state index contributed by atoms with van der Waals surface area (Å²) in [5.41, 5.74) is 9.80. The zero-order chi connectivity index (χ0) is 21.1. The number of anilines is 3. The van der Waals surface area contributed by atoms with E-state index in [-0.39, 0.29) is 6.04 Å². The van der Waals surface area contributed by atoms with Crippen molar-refractivity contribution in [3.63, 3.8) is 0 Å². The van der Waals surface area contributed by atoms with Gasteiger partial charge in [0, 0.05) is 31.9 Å². The molecule has 9 nitrogen and oxygen atoms in total. The highest BCUT2D eigenvalue weighted by Crippen LogP contribution is 2.29. The highest BCUT2D eigenvalue weighted by atomic mass is 16.5. The van der Waals surface area contributed by atoms with Gasteiger partial charge in [0.25, 0.3) is 0 Å². The summed E-state index contributed by atoms with van der Waals surface area (Å²) in [6.45, 7) is 9.62. The van der Waals surface area contributed by atoms with Crippen LogP contribution in [0.4, 0.5) is 17.6 Å². The second kappa shape index (κ2) is 8.93. The Kier molecular flexibility index (Phi) is 6.10. The third kappa shape index (κ3) is 4.36. The number of rotatable bonds is 7. The molecule has 3 N–H and O–H groups in total. The largest absolute Gasteiger partial charge is 0.380 e. The standard InChI is InChI=1S/C21H30N8O/c1-4-30-12-11-29-19-18(15(3)27-29)25-21(28-9-6-16(22)7-10-28)26-20(19)24-17-13-14(2)5-8-23-17/h5,8,13,16H,4,6-7,9-12,22H2,1-3H3,(H,23,24,25,26). The van der Waals surface area contributed by atoms with E-state index in [1.807, 2.05) is 37.6 Å². The molecule has 0 aromatic carbocycles. The molecular formula is C21H30N8O. The number of nitrogens with two attached hydrogens (primary N) is 1. The Bertz CT molecular complexity index is 1010. The lowest BCUT2D eigenvalue weighted by Crippen LogP contribution is -2.40. The summed E-state index contributed by atoms with van der Waals surface area (Å²) in [6, 6.07) is 4.23. The van der Waals surface area contributed by atoms with Crippen molar-refractivity contribution in [3.8, 4) is 0 Å². The average Bonchev–Trinajstić information content (AvgIpc) is 3.05. The number of piperidine rings is 1. The van der Waals surface area contributed by atoms with Gasteiger partial charge in [-0.3, -0.25) is 4.68 Å². The second-order valence-electron chi connectivity index (χ2n) is 7.74. The van der Waals surface area contributed by atoms with Crippen molar-refractivity contribution in [2.75, 3.05) is 36.5 Å². The Balaban J connectivity index is 1.77. The molecule has 0 spiro atoms. The van der Waals surface area contributed by atoms with E-state index in [0.29, 0.717) is 31.5 Å². The third-order valence-corrected chi connectivity index (χ3v) is 5.38. The first-order valence-corrected chi connectivity index (χ1v) is 10.6. The van der Waals surface area contributed by atoms with Crippen molar-refractivity contribution in [1.82, 2.24) is 24.7 Å². The molecule has 1 saturated heterocycles. The van der Waals surface area contributed by atoms with Gasteiger partial charge in [-0.15, -0.1) is 0 Å². The number of pyridine rings is 1. The zero-order valence-corrected chi connectivity index (χ0v) is 17.9. The molecule has 1 fully saturated rings. The maximum absolute atomic E-state index is 6.08. The van der Waals surface area contributed by atoms with E-state index in [0.717, 1.165) is 54.0 Å². The van der Waals surface area contributed by atoms with Crippen LogP contribution < -0.4 is 16.0 Å². The fourth-order valence-electron chi connectivity index (χ4n) is 3.73. The number of nitrogens with one attached hydrogen (secondary N) is 1. The highest BCUT2D eigenvalue weighted by Gasteiger charge is 2.23. The van der Waals surface area contributed by atoms with E-state index in [4.69, 9.17) is 25.5 Å². The van der Waals surface area contributed by atoms with Crippen LogP contribution in [0.2, 0.25) is 0 Å². The molecule has 1 aliphatic heterocycles. The molecule has 0 atom stereocenters. The van der Waals surface area contributed by atoms with Crippen molar-refractivity contribution in [3.05, 3.63) is 29.6 Å². The molecule has 0 radical (unpaired) electrons.